The lowest BCUT2D eigenvalue weighted by atomic mass is 10.1. The van der Waals surface area contributed by atoms with Crippen molar-refractivity contribution in [3.05, 3.63) is 65.7 Å². The van der Waals surface area contributed by atoms with E-state index in [2.05, 4.69) is 5.32 Å². The average Bonchev–Trinajstić information content (AvgIpc) is 2.46. The van der Waals surface area contributed by atoms with Gasteiger partial charge in [0, 0.05) is 12.1 Å². The van der Waals surface area contributed by atoms with Crippen LogP contribution in [0.1, 0.15) is 15.9 Å². The van der Waals surface area contributed by atoms with Crippen LogP contribution >= 0.6 is 0 Å². The number of phenolic OH excluding ortho intramolecular Hbond substituents is 1. The minimum atomic E-state index is -0.640. The van der Waals surface area contributed by atoms with E-state index in [4.69, 9.17) is 5.11 Å². The van der Waals surface area contributed by atoms with Crippen LogP contribution in [0.25, 0.3) is 0 Å². The molecular formula is C15H13NO3. The summed E-state index contributed by atoms with van der Waals surface area (Å²) in [4.78, 5) is 23.4. The lowest BCUT2D eigenvalue weighted by Gasteiger charge is -2.04. The van der Waals surface area contributed by atoms with Gasteiger partial charge < -0.3 is 10.4 Å². The highest BCUT2D eigenvalue weighted by atomic mass is 16.3. The minimum absolute atomic E-state index is 0.162. The SMILES string of the molecule is O=C(NCc1ccc(O)cc1)C(=O)c1ccccc1. The maximum atomic E-state index is 11.8. The molecule has 2 aromatic rings. The Morgan fingerprint density at radius 2 is 1.58 bits per heavy atom. The number of phenols is 1. The zero-order valence-electron chi connectivity index (χ0n) is 10.2. The summed E-state index contributed by atoms with van der Waals surface area (Å²) in [6.07, 6.45) is 0. The number of rotatable bonds is 4. The first-order chi connectivity index (χ1) is 9.16. The highest BCUT2D eigenvalue weighted by molar-refractivity contribution is 6.42. The number of aromatic hydroxyl groups is 1. The van der Waals surface area contributed by atoms with Crippen molar-refractivity contribution in [2.24, 2.45) is 0 Å². The van der Waals surface area contributed by atoms with Crippen LogP contribution in [0.4, 0.5) is 0 Å². The van der Waals surface area contributed by atoms with Gasteiger partial charge in [0.2, 0.25) is 5.78 Å². The van der Waals surface area contributed by atoms with Gasteiger partial charge in [0.1, 0.15) is 5.75 Å². The van der Waals surface area contributed by atoms with Crippen LogP contribution in [0.15, 0.2) is 54.6 Å². The lowest BCUT2D eigenvalue weighted by Crippen LogP contribution is -2.30. The quantitative estimate of drug-likeness (QED) is 0.647. The Bertz CT molecular complexity index is 576. The fourth-order valence-electron chi connectivity index (χ4n) is 1.60. The molecule has 0 saturated carbocycles. The van der Waals surface area contributed by atoms with E-state index in [0.717, 1.165) is 5.56 Å². The van der Waals surface area contributed by atoms with Crippen molar-refractivity contribution in [3.63, 3.8) is 0 Å². The third-order valence-corrected chi connectivity index (χ3v) is 2.63. The van der Waals surface area contributed by atoms with Crippen LogP contribution in [0.3, 0.4) is 0 Å². The predicted octanol–water partition coefficient (Wildman–Crippen LogP) is 1.89. The van der Waals surface area contributed by atoms with Crippen LogP contribution in [-0.4, -0.2) is 16.8 Å². The van der Waals surface area contributed by atoms with Crippen molar-refractivity contribution in [1.29, 1.82) is 0 Å². The fourth-order valence-corrected chi connectivity index (χ4v) is 1.60. The molecule has 0 aliphatic carbocycles. The maximum Gasteiger partial charge on any atom is 0.292 e. The average molecular weight is 255 g/mol. The highest BCUT2D eigenvalue weighted by Crippen LogP contribution is 2.09. The second-order valence-corrected chi connectivity index (χ2v) is 4.04. The van der Waals surface area contributed by atoms with E-state index in [0.29, 0.717) is 5.56 Å². The number of nitrogens with one attached hydrogen (secondary N) is 1. The lowest BCUT2D eigenvalue weighted by molar-refractivity contribution is -0.117. The maximum absolute atomic E-state index is 11.8. The summed E-state index contributed by atoms with van der Waals surface area (Å²) in [5, 5.41) is 11.7. The highest BCUT2D eigenvalue weighted by Gasteiger charge is 2.14. The van der Waals surface area contributed by atoms with Gasteiger partial charge in [-0.25, -0.2) is 0 Å². The summed E-state index contributed by atoms with van der Waals surface area (Å²) < 4.78 is 0. The van der Waals surface area contributed by atoms with E-state index < -0.39 is 11.7 Å². The van der Waals surface area contributed by atoms with Crippen LogP contribution in [0, 0.1) is 0 Å². The molecule has 0 unspecified atom stereocenters. The van der Waals surface area contributed by atoms with Gasteiger partial charge in [-0.2, -0.15) is 0 Å². The van der Waals surface area contributed by atoms with E-state index in [-0.39, 0.29) is 12.3 Å². The van der Waals surface area contributed by atoms with Gasteiger partial charge in [0.15, 0.2) is 0 Å². The molecule has 0 aliphatic rings. The molecule has 0 saturated heterocycles. The molecule has 0 spiro atoms. The molecule has 0 atom stereocenters. The van der Waals surface area contributed by atoms with Crippen molar-refractivity contribution >= 4 is 11.7 Å². The molecule has 0 aliphatic heterocycles. The van der Waals surface area contributed by atoms with Crippen molar-refractivity contribution in [3.8, 4) is 5.75 Å². The van der Waals surface area contributed by atoms with E-state index >= 15 is 0 Å². The van der Waals surface area contributed by atoms with Gasteiger partial charge in [-0.3, -0.25) is 9.59 Å². The Morgan fingerprint density at radius 1 is 0.947 bits per heavy atom. The molecule has 0 aromatic heterocycles. The van der Waals surface area contributed by atoms with E-state index in [9.17, 15) is 9.59 Å². The Kier molecular flexibility index (Phi) is 3.93. The number of ketones is 1. The van der Waals surface area contributed by atoms with Gasteiger partial charge in [0.05, 0.1) is 0 Å². The summed E-state index contributed by atoms with van der Waals surface area (Å²) in [6.45, 7) is 0.248. The molecule has 2 rings (SSSR count). The third kappa shape index (κ3) is 3.42. The second-order valence-electron chi connectivity index (χ2n) is 4.04. The number of carbonyl (C=O) groups is 2. The minimum Gasteiger partial charge on any atom is -0.508 e. The largest absolute Gasteiger partial charge is 0.508 e. The molecule has 0 fully saturated rings. The van der Waals surface area contributed by atoms with Crippen LogP contribution in [-0.2, 0) is 11.3 Å². The van der Waals surface area contributed by atoms with Crippen molar-refractivity contribution in [2.45, 2.75) is 6.54 Å². The fraction of sp³-hybridized carbons (Fsp3) is 0.0667. The summed E-state index contributed by atoms with van der Waals surface area (Å²) in [7, 11) is 0. The number of amides is 1. The molecule has 19 heavy (non-hydrogen) atoms. The van der Waals surface area contributed by atoms with Crippen molar-refractivity contribution in [1.82, 2.24) is 5.32 Å². The van der Waals surface area contributed by atoms with Gasteiger partial charge in [-0.05, 0) is 17.7 Å². The molecule has 2 aromatic carbocycles. The predicted molar refractivity (Wildman–Crippen MR) is 70.7 cm³/mol. The monoisotopic (exact) mass is 255 g/mol. The zero-order chi connectivity index (χ0) is 13.7. The molecule has 2 N–H and O–H groups in total. The van der Waals surface area contributed by atoms with E-state index in [1.54, 1.807) is 42.5 Å². The van der Waals surface area contributed by atoms with Crippen molar-refractivity contribution < 1.29 is 14.7 Å². The first kappa shape index (κ1) is 12.8. The second kappa shape index (κ2) is 5.82. The number of hydrogen-bond donors (Lipinski definition) is 2. The van der Waals surface area contributed by atoms with Crippen molar-refractivity contribution in [2.75, 3.05) is 0 Å². The summed E-state index contributed by atoms with van der Waals surface area (Å²) >= 11 is 0. The Balaban J connectivity index is 1.95. The Labute approximate surface area is 110 Å². The number of hydrogen-bond acceptors (Lipinski definition) is 3. The standard InChI is InChI=1S/C15H13NO3/c17-13-8-6-11(7-9-13)10-16-15(19)14(18)12-4-2-1-3-5-12/h1-9,17H,10H2,(H,16,19). The molecule has 4 nitrogen and oxygen atoms in total. The third-order valence-electron chi connectivity index (χ3n) is 2.63. The van der Waals surface area contributed by atoms with Crippen LogP contribution < -0.4 is 5.32 Å². The van der Waals surface area contributed by atoms with E-state index in [1.165, 1.54) is 12.1 Å². The Morgan fingerprint density at radius 3 is 2.21 bits per heavy atom. The first-order valence-electron chi connectivity index (χ1n) is 5.82. The molecule has 1 amide bonds. The molecule has 96 valence electrons. The summed E-state index contributed by atoms with van der Waals surface area (Å²) in [5.74, 6) is -1.03. The smallest absolute Gasteiger partial charge is 0.292 e. The topological polar surface area (TPSA) is 66.4 Å². The van der Waals surface area contributed by atoms with Gasteiger partial charge >= 0.3 is 0 Å². The first-order valence-corrected chi connectivity index (χ1v) is 5.82. The van der Waals surface area contributed by atoms with Gasteiger partial charge in [-0.15, -0.1) is 0 Å². The molecule has 4 heteroatoms. The molecule has 0 bridgehead atoms. The van der Waals surface area contributed by atoms with Gasteiger partial charge in [0.25, 0.3) is 5.91 Å². The number of benzene rings is 2. The summed E-state index contributed by atoms with van der Waals surface area (Å²) in [6, 6.07) is 14.8. The van der Waals surface area contributed by atoms with Crippen LogP contribution in [0.5, 0.6) is 5.75 Å². The van der Waals surface area contributed by atoms with Crippen LogP contribution in [0.2, 0.25) is 0 Å². The molecular weight excluding hydrogens is 242 g/mol. The normalized spacial score (nSPS) is 9.89. The number of carbonyl (C=O) groups excluding carboxylic acids is 2. The van der Waals surface area contributed by atoms with E-state index in [1.807, 2.05) is 0 Å². The summed E-state index contributed by atoms with van der Waals surface area (Å²) in [5.41, 5.74) is 1.18. The molecule has 0 heterocycles. The molecule has 0 radical (unpaired) electrons. The van der Waals surface area contributed by atoms with Gasteiger partial charge in [-0.1, -0.05) is 42.5 Å². The Hall–Kier alpha value is -2.62. The zero-order valence-corrected chi connectivity index (χ0v) is 10.2. The number of Topliss-reactive ketones (excluding diaryl/α,β-unsaturated/α-hetero) is 1.